The highest BCUT2D eigenvalue weighted by Crippen LogP contribution is 2.35. The molecule has 2 aromatic carbocycles. The van der Waals surface area contributed by atoms with E-state index >= 15 is 0 Å². The summed E-state index contributed by atoms with van der Waals surface area (Å²) in [5, 5.41) is 3.07. The van der Waals surface area contributed by atoms with Gasteiger partial charge in [0.15, 0.2) is 11.5 Å². The van der Waals surface area contributed by atoms with Crippen molar-refractivity contribution in [3.63, 3.8) is 0 Å². The summed E-state index contributed by atoms with van der Waals surface area (Å²) in [4.78, 5) is 39.2. The lowest BCUT2D eigenvalue weighted by molar-refractivity contribution is 0.103. The summed E-state index contributed by atoms with van der Waals surface area (Å²) >= 11 is 0. The van der Waals surface area contributed by atoms with Crippen molar-refractivity contribution < 1.29 is 23.8 Å². The maximum absolute atomic E-state index is 13.3. The molecule has 1 N–H and O–H groups in total. The van der Waals surface area contributed by atoms with E-state index in [1.807, 2.05) is 36.1 Å². The number of fused-ring (bicyclic) bond motifs is 2. The van der Waals surface area contributed by atoms with E-state index in [0.717, 1.165) is 54.9 Å². The fourth-order valence-corrected chi connectivity index (χ4v) is 5.56. The van der Waals surface area contributed by atoms with Gasteiger partial charge in [0.1, 0.15) is 36.8 Å². The van der Waals surface area contributed by atoms with E-state index < -0.39 is 0 Å². The second-order valence-corrected chi connectivity index (χ2v) is 10.0. The number of benzene rings is 2. The number of anilines is 2. The first-order valence-electron chi connectivity index (χ1n) is 13.3. The number of methoxy groups -OCH3 is 1. The van der Waals surface area contributed by atoms with Gasteiger partial charge in [-0.05, 0) is 67.6 Å². The molecule has 0 spiro atoms. The van der Waals surface area contributed by atoms with Crippen LogP contribution in [0.1, 0.15) is 40.0 Å². The molecule has 202 valence electrons. The standard InChI is InChI=1S/C29H31N5O5/c1-18-13-20(15-25-28(18)39-12-11-38-25)27(35)24-16-26(31-17-30-24)33-8-6-21(7-9-33)34-10-5-19-14-22(37-2)3-4-23(19)32-29(34)36/h3-4,13-17,21H,5-12H2,1-2H3,(H,32,36). The molecule has 10 nitrogen and oxygen atoms in total. The van der Waals surface area contributed by atoms with Gasteiger partial charge in [0.05, 0.1) is 7.11 Å². The molecule has 0 atom stereocenters. The first-order chi connectivity index (χ1) is 19.0. The number of nitrogens with zero attached hydrogens (tertiary/aromatic N) is 4. The lowest BCUT2D eigenvalue weighted by atomic mass is 10.0. The third-order valence-electron chi connectivity index (χ3n) is 7.64. The Labute approximate surface area is 226 Å². The Bertz CT molecular complexity index is 1420. The molecule has 6 rings (SSSR count). The van der Waals surface area contributed by atoms with Gasteiger partial charge in [0.25, 0.3) is 0 Å². The largest absolute Gasteiger partial charge is 0.497 e. The van der Waals surface area contributed by atoms with Gasteiger partial charge in [-0.25, -0.2) is 14.8 Å². The van der Waals surface area contributed by atoms with Crippen molar-refractivity contribution >= 4 is 23.3 Å². The molecule has 2 amide bonds. The highest BCUT2D eigenvalue weighted by Gasteiger charge is 2.31. The number of carbonyl (C=O) groups excluding carboxylic acids is 2. The lowest BCUT2D eigenvalue weighted by Crippen LogP contribution is -2.49. The predicted octanol–water partition coefficient (Wildman–Crippen LogP) is 3.85. The Morgan fingerprint density at radius 3 is 2.69 bits per heavy atom. The van der Waals surface area contributed by atoms with E-state index in [0.29, 0.717) is 48.3 Å². The van der Waals surface area contributed by atoms with Crippen molar-refractivity contribution in [1.82, 2.24) is 14.9 Å². The number of ether oxygens (including phenoxy) is 3. The summed E-state index contributed by atoms with van der Waals surface area (Å²) in [7, 11) is 1.65. The van der Waals surface area contributed by atoms with Crippen LogP contribution in [0.15, 0.2) is 42.7 Å². The van der Waals surface area contributed by atoms with Crippen LogP contribution in [-0.2, 0) is 6.42 Å². The molecule has 4 heterocycles. The van der Waals surface area contributed by atoms with Crippen LogP contribution < -0.4 is 24.4 Å². The Hall–Kier alpha value is -4.34. The molecule has 3 aliphatic rings. The van der Waals surface area contributed by atoms with E-state index in [1.165, 1.54) is 6.33 Å². The summed E-state index contributed by atoms with van der Waals surface area (Å²) in [5.41, 5.74) is 3.61. The number of nitrogens with one attached hydrogen (secondary N) is 1. The van der Waals surface area contributed by atoms with Crippen LogP contribution in [0.3, 0.4) is 0 Å². The number of aryl methyl sites for hydroxylation is 1. The van der Waals surface area contributed by atoms with E-state index in [9.17, 15) is 9.59 Å². The molecule has 0 saturated carbocycles. The van der Waals surface area contributed by atoms with Crippen LogP contribution in [0.2, 0.25) is 0 Å². The number of piperidine rings is 1. The number of rotatable bonds is 5. The van der Waals surface area contributed by atoms with Gasteiger partial charge in [-0.2, -0.15) is 0 Å². The second kappa shape index (κ2) is 10.4. The minimum Gasteiger partial charge on any atom is -0.497 e. The van der Waals surface area contributed by atoms with Gasteiger partial charge < -0.3 is 29.3 Å². The molecule has 10 heteroatoms. The molecule has 0 aliphatic carbocycles. The smallest absolute Gasteiger partial charge is 0.322 e. The van der Waals surface area contributed by atoms with Crippen LogP contribution in [0.4, 0.5) is 16.3 Å². The second-order valence-electron chi connectivity index (χ2n) is 10.0. The summed E-state index contributed by atoms with van der Waals surface area (Å²) in [6.45, 7) is 4.96. The zero-order chi connectivity index (χ0) is 26.9. The van der Waals surface area contributed by atoms with Crippen molar-refractivity contribution in [2.24, 2.45) is 0 Å². The summed E-state index contributed by atoms with van der Waals surface area (Å²) < 4.78 is 16.7. The van der Waals surface area contributed by atoms with E-state index in [1.54, 1.807) is 19.2 Å². The van der Waals surface area contributed by atoms with Gasteiger partial charge in [0, 0.05) is 43.0 Å². The lowest BCUT2D eigenvalue weighted by Gasteiger charge is -2.38. The van der Waals surface area contributed by atoms with Gasteiger partial charge in [-0.3, -0.25) is 4.79 Å². The first kappa shape index (κ1) is 25.0. The Kier molecular flexibility index (Phi) is 6.68. The highest BCUT2D eigenvalue weighted by molar-refractivity contribution is 6.08. The number of carbonyl (C=O) groups is 2. The average Bonchev–Trinajstić information content (AvgIpc) is 3.14. The van der Waals surface area contributed by atoms with Crippen LogP contribution in [0.25, 0.3) is 0 Å². The quantitative estimate of drug-likeness (QED) is 0.497. The fourth-order valence-electron chi connectivity index (χ4n) is 5.56. The third-order valence-corrected chi connectivity index (χ3v) is 7.64. The zero-order valence-electron chi connectivity index (χ0n) is 22.1. The maximum atomic E-state index is 13.3. The number of aromatic nitrogens is 2. The molecule has 0 unspecified atom stereocenters. The molecule has 0 radical (unpaired) electrons. The van der Waals surface area contributed by atoms with Gasteiger partial charge in [-0.15, -0.1) is 0 Å². The summed E-state index contributed by atoms with van der Waals surface area (Å²) in [5.74, 6) is 2.58. The number of ketones is 1. The molecule has 1 fully saturated rings. The predicted molar refractivity (Wildman–Crippen MR) is 145 cm³/mol. The molecule has 1 saturated heterocycles. The van der Waals surface area contributed by atoms with Crippen molar-refractivity contribution in [3.05, 3.63) is 65.1 Å². The topological polar surface area (TPSA) is 106 Å². The minimum atomic E-state index is -0.189. The highest BCUT2D eigenvalue weighted by atomic mass is 16.6. The number of urea groups is 1. The molecule has 1 aromatic heterocycles. The fraction of sp³-hybridized carbons (Fsp3) is 0.379. The SMILES string of the molecule is COc1ccc2c(c1)CCN(C1CCN(c3cc(C(=O)c4cc(C)c5c(c4)OCCO5)ncn3)CC1)C(=O)N2. The third kappa shape index (κ3) is 4.94. The van der Waals surface area contributed by atoms with E-state index in [-0.39, 0.29) is 17.9 Å². The van der Waals surface area contributed by atoms with Gasteiger partial charge in [-0.1, -0.05) is 0 Å². The summed E-state index contributed by atoms with van der Waals surface area (Å²) in [6, 6.07) is 11.1. The van der Waals surface area contributed by atoms with Crippen molar-refractivity contribution in [1.29, 1.82) is 0 Å². The number of amides is 2. The van der Waals surface area contributed by atoms with Crippen LogP contribution in [0.5, 0.6) is 17.2 Å². The van der Waals surface area contributed by atoms with Crippen molar-refractivity contribution in [2.45, 2.75) is 32.2 Å². The first-order valence-corrected chi connectivity index (χ1v) is 13.3. The zero-order valence-corrected chi connectivity index (χ0v) is 22.1. The van der Waals surface area contributed by atoms with Crippen LogP contribution >= 0.6 is 0 Å². The Morgan fingerprint density at radius 1 is 1.05 bits per heavy atom. The Morgan fingerprint density at radius 2 is 1.87 bits per heavy atom. The van der Waals surface area contributed by atoms with Crippen molar-refractivity contribution in [3.8, 4) is 17.2 Å². The van der Waals surface area contributed by atoms with Crippen LogP contribution in [0, 0.1) is 6.92 Å². The molecular formula is C29H31N5O5. The minimum absolute atomic E-state index is 0.0676. The maximum Gasteiger partial charge on any atom is 0.322 e. The van der Waals surface area contributed by atoms with E-state index in [2.05, 4.69) is 20.2 Å². The summed E-state index contributed by atoms with van der Waals surface area (Å²) in [6.07, 6.45) is 3.82. The molecular weight excluding hydrogens is 498 g/mol. The van der Waals surface area contributed by atoms with Crippen molar-refractivity contribution in [2.75, 3.05) is 50.2 Å². The molecule has 39 heavy (non-hydrogen) atoms. The molecule has 3 aliphatic heterocycles. The molecule has 3 aromatic rings. The normalized spacial score (nSPS) is 17.2. The van der Waals surface area contributed by atoms with Gasteiger partial charge in [0.2, 0.25) is 5.78 Å². The monoisotopic (exact) mass is 529 g/mol. The van der Waals surface area contributed by atoms with Crippen LogP contribution in [-0.4, -0.2) is 72.7 Å². The number of hydrogen-bond donors (Lipinski definition) is 1. The average molecular weight is 530 g/mol. The molecule has 0 bridgehead atoms. The Balaban J connectivity index is 1.12. The number of hydrogen-bond acceptors (Lipinski definition) is 8. The van der Waals surface area contributed by atoms with Gasteiger partial charge >= 0.3 is 6.03 Å². The van der Waals surface area contributed by atoms with E-state index in [4.69, 9.17) is 14.2 Å².